The monoisotopic (exact) mass is 408 g/mol. The molecule has 5 rings (SSSR count). The second-order valence-electron chi connectivity index (χ2n) is 9.24. The standard InChI is InChI=1S/C23H28N4O3/c1-16-6-3-4-7-18(16)21-19-12-25(22(29)23(2)14-30-15-23)10-17(19)11-27(21)20(28)13-26-9-5-8-24-26/h3-9,17,19,21H,10-15H2,1-2H3/t17-,19-,21+/m0/s1. The fourth-order valence-electron chi connectivity index (χ4n) is 5.32. The number of ether oxygens (including phenoxy) is 1. The highest BCUT2D eigenvalue weighted by molar-refractivity contribution is 5.84. The van der Waals surface area contributed by atoms with Crippen LogP contribution in [-0.4, -0.2) is 64.2 Å². The summed E-state index contributed by atoms with van der Waals surface area (Å²) in [6, 6.07) is 10.1. The molecule has 0 spiro atoms. The fourth-order valence-corrected chi connectivity index (χ4v) is 5.32. The second-order valence-corrected chi connectivity index (χ2v) is 9.24. The number of amides is 2. The minimum Gasteiger partial charge on any atom is -0.379 e. The van der Waals surface area contributed by atoms with Crippen LogP contribution in [0.15, 0.2) is 42.7 Å². The summed E-state index contributed by atoms with van der Waals surface area (Å²) in [5.74, 6) is 0.825. The van der Waals surface area contributed by atoms with Gasteiger partial charge in [0.05, 0.1) is 24.7 Å². The predicted octanol–water partition coefficient (Wildman–Crippen LogP) is 1.89. The average molecular weight is 409 g/mol. The van der Waals surface area contributed by atoms with Crippen molar-refractivity contribution < 1.29 is 14.3 Å². The second kappa shape index (κ2) is 7.23. The van der Waals surface area contributed by atoms with Crippen molar-refractivity contribution in [2.75, 3.05) is 32.8 Å². The number of rotatable bonds is 4. The topological polar surface area (TPSA) is 67.7 Å². The summed E-state index contributed by atoms with van der Waals surface area (Å²) in [6.07, 6.45) is 3.51. The third kappa shape index (κ3) is 3.12. The molecule has 158 valence electrons. The van der Waals surface area contributed by atoms with Crippen molar-refractivity contribution in [3.8, 4) is 0 Å². The number of aromatic nitrogens is 2. The van der Waals surface area contributed by atoms with E-state index in [9.17, 15) is 9.59 Å². The SMILES string of the molecule is Cc1ccccc1[C@@H]1[C@H]2CN(C(=O)C3(C)COC3)C[C@H]2CN1C(=O)Cn1cccn1. The Hall–Kier alpha value is -2.67. The first kappa shape index (κ1) is 19.3. The highest BCUT2D eigenvalue weighted by Gasteiger charge is 2.53. The molecule has 3 aliphatic heterocycles. The number of nitrogens with zero attached hydrogens (tertiary/aromatic N) is 4. The molecule has 3 atom stereocenters. The van der Waals surface area contributed by atoms with Crippen LogP contribution in [0, 0.1) is 24.2 Å². The van der Waals surface area contributed by atoms with Crippen LogP contribution < -0.4 is 0 Å². The lowest BCUT2D eigenvalue weighted by Gasteiger charge is -2.40. The third-order valence-corrected chi connectivity index (χ3v) is 6.99. The van der Waals surface area contributed by atoms with Crippen molar-refractivity contribution in [3.63, 3.8) is 0 Å². The molecular formula is C23H28N4O3. The van der Waals surface area contributed by atoms with Crippen LogP contribution in [0.1, 0.15) is 24.1 Å². The van der Waals surface area contributed by atoms with E-state index in [2.05, 4.69) is 24.2 Å². The van der Waals surface area contributed by atoms with Crippen LogP contribution in [0.25, 0.3) is 0 Å². The zero-order chi connectivity index (χ0) is 20.9. The molecular weight excluding hydrogens is 380 g/mol. The molecule has 3 aliphatic rings. The van der Waals surface area contributed by atoms with Gasteiger partial charge in [0.25, 0.3) is 0 Å². The number of hydrogen-bond donors (Lipinski definition) is 0. The Labute approximate surface area is 176 Å². The van der Waals surface area contributed by atoms with Gasteiger partial charge in [-0.1, -0.05) is 24.3 Å². The summed E-state index contributed by atoms with van der Waals surface area (Å²) in [5.41, 5.74) is 1.99. The number of carbonyl (C=O) groups is 2. The number of benzene rings is 1. The van der Waals surface area contributed by atoms with Crippen LogP contribution >= 0.6 is 0 Å². The van der Waals surface area contributed by atoms with E-state index in [0.717, 1.165) is 0 Å². The molecule has 2 aromatic rings. The summed E-state index contributed by atoms with van der Waals surface area (Å²) < 4.78 is 6.99. The molecule has 1 aromatic carbocycles. The van der Waals surface area contributed by atoms with E-state index in [0.29, 0.717) is 38.8 Å². The van der Waals surface area contributed by atoms with Crippen LogP contribution in [0.5, 0.6) is 0 Å². The minimum absolute atomic E-state index is 0.0116. The largest absolute Gasteiger partial charge is 0.379 e. The van der Waals surface area contributed by atoms with E-state index in [4.69, 9.17) is 4.74 Å². The van der Waals surface area contributed by atoms with E-state index < -0.39 is 0 Å². The van der Waals surface area contributed by atoms with Gasteiger partial charge in [0, 0.05) is 43.9 Å². The zero-order valence-electron chi connectivity index (χ0n) is 17.5. The van der Waals surface area contributed by atoms with Crippen LogP contribution in [-0.2, 0) is 20.9 Å². The molecule has 3 saturated heterocycles. The lowest BCUT2D eigenvalue weighted by molar-refractivity contribution is -0.168. The molecule has 2 amide bonds. The van der Waals surface area contributed by atoms with Gasteiger partial charge in [-0.05, 0) is 31.0 Å². The highest BCUT2D eigenvalue weighted by atomic mass is 16.5. The molecule has 7 heteroatoms. The predicted molar refractivity (Wildman–Crippen MR) is 110 cm³/mol. The van der Waals surface area contributed by atoms with Gasteiger partial charge < -0.3 is 14.5 Å². The Morgan fingerprint density at radius 1 is 1.17 bits per heavy atom. The molecule has 7 nitrogen and oxygen atoms in total. The normalized spacial score (nSPS) is 27.1. The first-order valence-corrected chi connectivity index (χ1v) is 10.7. The maximum absolute atomic E-state index is 13.2. The molecule has 0 bridgehead atoms. The van der Waals surface area contributed by atoms with Crippen molar-refractivity contribution >= 4 is 11.8 Å². The fraction of sp³-hybridized carbons (Fsp3) is 0.522. The highest BCUT2D eigenvalue weighted by Crippen LogP contribution is 2.47. The molecule has 3 fully saturated rings. The van der Waals surface area contributed by atoms with Gasteiger partial charge in [-0.3, -0.25) is 14.3 Å². The van der Waals surface area contributed by atoms with Crippen molar-refractivity contribution in [2.24, 2.45) is 17.3 Å². The first-order valence-electron chi connectivity index (χ1n) is 10.7. The van der Waals surface area contributed by atoms with E-state index in [1.54, 1.807) is 10.9 Å². The van der Waals surface area contributed by atoms with Crippen molar-refractivity contribution in [1.82, 2.24) is 19.6 Å². The zero-order valence-corrected chi connectivity index (χ0v) is 17.5. The lowest BCUT2D eigenvalue weighted by Crippen LogP contribution is -2.53. The van der Waals surface area contributed by atoms with Gasteiger partial charge in [0.2, 0.25) is 11.8 Å². The van der Waals surface area contributed by atoms with Gasteiger partial charge in [-0.15, -0.1) is 0 Å². The molecule has 30 heavy (non-hydrogen) atoms. The summed E-state index contributed by atoms with van der Waals surface area (Å²) in [6.45, 7) is 7.44. The summed E-state index contributed by atoms with van der Waals surface area (Å²) in [4.78, 5) is 30.3. The quantitative estimate of drug-likeness (QED) is 0.775. The Morgan fingerprint density at radius 2 is 1.97 bits per heavy atom. The van der Waals surface area contributed by atoms with Crippen molar-refractivity contribution in [2.45, 2.75) is 26.4 Å². The maximum atomic E-state index is 13.2. The Morgan fingerprint density at radius 3 is 2.63 bits per heavy atom. The Balaban J connectivity index is 1.41. The number of hydrogen-bond acceptors (Lipinski definition) is 4. The van der Waals surface area contributed by atoms with Crippen molar-refractivity contribution in [1.29, 1.82) is 0 Å². The number of fused-ring (bicyclic) bond motifs is 1. The van der Waals surface area contributed by atoms with Gasteiger partial charge in [-0.2, -0.15) is 5.10 Å². The molecule has 1 aromatic heterocycles. The van der Waals surface area contributed by atoms with Gasteiger partial charge in [0.15, 0.2) is 0 Å². The molecule has 4 heterocycles. The third-order valence-electron chi connectivity index (χ3n) is 6.99. The number of likely N-dealkylation sites (tertiary alicyclic amines) is 2. The number of aryl methyl sites for hydroxylation is 1. The van der Waals surface area contributed by atoms with Gasteiger partial charge >= 0.3 is 0 Å². The molecule has 0 aliphatic carbocycles. The van der Waals surface area contributed by atoms with E-state index in [-0.39, 0.29) is 35.7 Å². The molecule has 0 radical (unpaired) electrons. The van der Waals surface area contributed by atoms with Crippen LogP contribution in [0.2, 0.25) is 0 Å². The average Bonchev–Trinajstić information content (AvgIpc) is 3.42. The van der Waals surface area contributed by atoms with Crippen LogP contribution in [0.3, 0.4) is 0 Å². The van der Waals surface area contributed by atoms with E-state index >= 15 is 0 Å². The molecule has 0 unspecified atom stereocenters. The Bertz CT molecular complexity index is 953. The lowest BCUT2D eigenvalue weighted by atomic mass is 9.86. The van der Waals surface area contributed by atoms with E-state index in [1.165, 1.54) is 11.1 Å². The van der Waals surface area contributed by atoms with E-state index in [1.807, 2.05) is 41.1 Å². The van der Waals surface area contributed by atoms with Crippen molar-refractivity contribution in [3.05, 3.63) is 53.9 Å². The number of carbonyl (C=O) groups excluding carboxylic acids is 2. The smallest absolute Gasteiger partial charge is 0.244 e. The maximum Gasteiger partial charge on any atom is 0.244 e. The molecule has 0 N–H and O–H groups in total. The minimum atomic E-state index is -0.383. The van der Waals surface area contributed by atoms with Gasteiger partial charge in [-0.25, -0.2) is 0 Å². The first-order chi connectivity index (χ1) is 14.5. The Kier molecular flexibility index (Phi) is 4.65. The summed E-state index contributed by atoms with van der Waals surface area (Å²) in [7, 11) is 0. The molecule has 0 saturated carbocycles. The summed E-state index contributed by atoms with van der Waals surface area (Å²) >= 11 is 0. The van der Waals surface area contributed by atoms with Gasteiger partial charge in [0.1, 0.15) is 6.54 Å². The van der Waals surface area contributed by atoms with Crippen LogP contribution in [0.4, 0.5) is 0 Å². The summed E-state index contributed by atoms with van der Waals surface area (Å²) in [5, 5.41) is 4.20.